The summed E-state index contributed by atoms with van der Waals surface area (Å²) in [6.07, 6.45) is 0. The summed E-state index contributed by atoms with van der Waals surface area (Å²) in [5, 5.41) is 9.68. The van der Waals surface area contributed by atoms with Crippen molar-refractivity contribution in [1.29, 1.82) is 5.26 Å². The van der Waals surface area contributed by atoms with Gasteiger partial charge in [0.1, 0.15) is 40.5 Å². The number of fused-ring (bicyclic) bond motifs is 1. The normalized spacial score (nSPS) is 14.5. The first-order valence-corrected chi connectivity index (χ1v) is 9.93. The maximum absolute atomic E-state index is 13.0. The van der Waals surface area contributed by atoms with Crippen LogP contribution in [0.3, 0.4) is 0 Å². The van der Waals surface area contributed by atoms with Crippen LogP contribution in [0, 0.1) is 17.1 Å². The molecule has 1 aliphatic rings. The predicted molar refractivity (Wildman–Crippen MR) is 116 cm³/mol. The van der Waals surface area contributed by atoms with E-state index in [2.05, 4.69) is 6.07 Å². The highest BCUT2D eigenvalue weighted by atomic mass is 19.1. The lowest BCUT2D eigenvalue weighted by molar-refractivity contribution is -0.136. The first kappa shape index (κ1) is 21.7. The molecule has 0 amide bonds. The van der Waals surface area contributed by atoms with E-state index in [9.17, 15) is 14.4 Å². The zero-order valence-electron chi connectivity index (χ0n) is 17.6. The minimum absolute atomic E-state index is 0.0269. The van der Waals surface area contributed by atoms with Gasteiger partial charge in [0, 0.05) is 11.6 Å². The number of nitriles is 1. The van der Waals surface area contributed by atoms with Crippen molar-refractivity contribution in [3.63, 3.8) is 0 Å². The molecule has 0 fully saturated rings. The number of methoxy groups -OCH3 is 1. The Hall–Kier alpha value is -4.51. The second kappa shape index (κ2) is 9.32. The number of carbonyl (C=O) groups excluding carboxylic acids is 1. The minimum atomic E-state index is -0.652. The highest BCUT2D eigenvalue weighted by Crippen LogP contribution is 2.43. The molecule has 0 saturated carbocycles. The number of allylic oxidation sites excluding steroid dienone is 1. The lowest BCUT2D eigenvalue weighted by Crippen LogP contribution is -2.21. The van der Waals surface area contributed by atoms with E-state index < -0.39 is 17.7 Å². The predicted octanol–water partition coefficient (Wildman–Crippen LogP) is 4.04. The Morgan fingerprint density at radius 3 is 2.58 bits per heavy atom. The Bertz CT molecular complexity index is 1260. The lowest BCUT2D eigenvalue weighted by Gasteiger charge is -2.27. The van der Waals surface area contributed by atoms with E-state index in [4.69, 9.17) is 24.7 Å². The van der Waals surface area contributed by atoms with Crippen molar-refractivity contribution in [2.75, 3.05) is 13.7 Å². The van der Waals surface area contributed by atoms with E-state index in [0.29, 0.717) is 22.8 Å². The average molecular weight is 446 g/mol. The van der Waals surface area contributed by atoms with Crippen molar-refractivity contribution in [2.24, 2.45) is 5.73 Å². The molecule has 1 atom stereocenters. The molecule has 0 aromatic heterocycles. The Morgan fingerprint density at radius 1 is 1.09 bits per heavy atom. The number of hydrogen-bond acceptors (Lipinski definition) is 7. The van der Waals surface area contributed by atoms with E-state index >= 15 is 0 Å². The molecular formula is C25H19FN2O5. The molecule has 1 unspecified atom stereocenters. The fraction of sp³-hybridized carbons (Fsp3) is 0.120. The third-order valence-corrected chi connectivity index (χ3v) is 5.02. The van der Waals surface area contributed by atoms with Crippen LogP contribution in [0.4, 0.5) is 4.39 Å². The van der Waals surface area contributed by atoms with Gasteiger partial charge in [0.2, 0.25) is 5.88 Å². The Kier molecular flexibility index (Phi) is 6.13. The Labute approximate surface area is 189 Å². The van der Waals surface area contributed by atoms with Crippen molar-refractivity contribution in [1.82, 2.24) is 0 Å². The molecular weight excluding hydrogens is 427 g/mol. The van der Waals surface area contributed by atoms with Gasteiger partial charge in [-0.2, -0.15) is 5.26 Å². The molecule has 2 N–H and O–H groups in total. The maximum atomic E-state index is 13.0. The number of esters is 1. The van der Waals surface area contributed by atoms with Crippen LogP contribution >= 0.6 is 0 Å². The van der Waals surface area contributed by atoms with Gasteiger partial charge in [-0.15, -0.1) is 0 Å². The number of benzene rings is 3. The molecule has 0 saturated heterocycles. The molecule has 3 aromatic carbocycles. The number of rotatable bonds is 6. The summed E-state index contributed by atoms with van der Waals surface area (Å²) in [6.45, 7) is -0.364. The van der Waals surface area contributed by atoms with Gasteiger partial charge in [-0.3, -0.25) is 0 Å². The van der Waals surface area contributed by atoms with Crippen molar-refractivity contribution in [3.05, 3.63) is 95.1 Å². The van der Waals surface area contributed by atoms with Crippen molar-refractivity contribution in [2.45, 2.75) is 5.92 Å². The first-order chi connectivity index (χ1) is 16.0. The minimum Gasteiger partial charge on any atom is -0.497 e. The Morgan fingerprint density at radius 2 is 1.85 bits per heavy atom. The molecule has 8 heteroatoms. The highest BCUT2D eigenvalue weighted by molar-refractivity contribution is 5.74. The second-order valence-corrected chi connectivity index (χ2v) is 7.12. The summed E-state index contributed by atoms with van der Waals surface area (Å²) in [6, 6.07) is 19.6. The summed E-state index contributed by atoms with van der Waals surface area (Å²) >= 11 is 0. The number of ether oxygens (including phenoxy) is 4. The fourth-order valence-corrected chi connectivity index (χ4v) is 3.50. The van der Waals surface area contributed by atoms with Gasteiger partial charge >= 0.3 is 5.97 Å². The average Bonchev–Trinajstić information content (AvgIpc) is 2.82. The van der Waals surface area contributed by atoms with E-state index in [1.54, 1.807) is 25.3 Å². The molecule has 1 heterocycles. The van der Waals surface area contributed by atoms with Crippen molar-refractivity contribution >= 4 is 5.97 Å². The molecule has 7 nitrogen and oxygen atoms in total. The van der Waals surface area contributed by atoms with Crippen LogP contribution in [-0.4, -0.2) is 19.7 Å². The molecule has 3 aromatic rings. The third-order valence-electron chi connectivity index (χ3n) is 5.02. The van der Waals surface area contributed by atoms with Crippen LogP contribution in [-0.2, 0) is 4.79 Å². The van der Waals surface area contributed by atoms with Gasteiger partial charge in [-0.25, -0.2) is 9.18 Å². The van der Waals surface area contributed by atoms with Gasteiger partial charge in [-0.1, -0.05) is 18.2 Å². The molecule has 0 radical (unpaired) electrons. The maximum Gasteiger partial charge on any atom is 0.349 e. The molecule has 1 aliphatic heterocycles. The first-order valence-electron chi connectivity index (χ1n) is 9.93. The van der Waals surface area contributed by atoms with Gasteiger partial charge < -0.3 is 24.7 Å². The summed E-state index contributed by atoms with van der Waals surface area (Å²) in [4.78, 5) is 12.2. The van der Waals surface area contributed by atoms with Gasteiger partial charge in [-0.05, 0) is 48.0 Å². The van der Waals surface area contributed by atoms with Gasteiger partial charge in [0.05, 0.1) is 13.0 Å². The van der Waals surface area contributed by atoms with Crippen molar-refractivity contribution in [3.8, 4) is 29.1 Å². The molecule has 0 aliphatic carbocycles. The monoisotopic (exact) mass is 446 g/mol. The summed E-state index contributed by atoms with van der Waals surface area (Å²) in [7, 11) is 1.56. The smallest absolute Gasteiger partial charge is 0.349 e. The van der Waals surface area contributed by atoms with E-state index in [-0.39, 0.29) is 23.8 Å². The molecule has 0 spiro atoms. The molecule has 0 bridgehead atoms. The fourth-order valence-electron chi connectivity index (χ4n) is 3.50. The van der Waals surface area contributed by atoms with Crippen LogP contribution in [0.2, 0.25) is 0 Å². The van der Waals surface area contributed by atoms with E-state index in [0.717, 1.165) is 5.56 Å². The topological polar surface area (TPSA) is 104 Å². The van der Waals surface area contributed by atoms with Gasteiger partial charge in [0.25, 0.3) is 0 Å². The number of halogens is 1. The standard InChI is InChI=1S/C25H19FN2O5/c1-30-18-4-2-3-15(11-18)24-20-10-9-19(12-22(20)33-25(28)21(24)13-27)32-23(29)14-31-17-7-5-16(26)6-8-17/h2-12,24H,14,28H2,1H3. The third kappa shape index (κ3) is 4.72. The summed E-state index contributed by atoms with van der Waals surface area (Å²) < 4.78 is 34.6. The highest BCUT2D eigenvalue weighted by Gasteiger charge is 2.31. The number of nitrogens with zero attached hydrogens (tertiary/aromatic N) is 1. The summed E-state index contributed by atoms with van der Waals surface area (Å²) in [5.74, 6) is 0.0116. The molecule has 166 valence electrons. The van der Waals surface area contributed by atoms with E-state index in [1.165, 1.54) is 30.3 Å². The second-order valence-electron chi connectivity index (χ2n) is 7.12. The van der Waals surface area contributed by atoms with Crippen LogP contribution < -0.4 is 24.7 Å². The molecule has 4 rings (SSSR count). The number of hydrogen-bond donors (Lipinski definition) is 1. The largest absolute Gasteiger partial charge is 0.497 e. The molecule has 33 heavy (non-hydrogen) atoms. The van der Waals surface area contributed by atoms with E-state index in [1.807, 2.05) is 18.2 Å². The van der Waals surface area contributed by atoms with Gasteiger partial charge in [0.15, 0.2) is 6.61 Å². The Balaban J connectivity index is 1.55. The SMILES string of the molecule is COc1cccc(C2C(C#N)=C(N)Oc3cc(OC(=O)COc4ccc(F)cc4)ccc32)c1. The zero-order chi connectivity index (χ0) is 23.4. The summed E-state index contributed by atoms with van der Waals surface area (Å²) in [5.41, 5.74) is 7.79. The number of carbonyl (C=O) groups is 1. The lowest BCUT2D eigenvalue weighted by atomic mass is 9.83. The van der Waals surface area contributed by atoms with Crippen molar-refractivity contribution < 1.29 is 28.1 Å². The number of nitrogens with two attached hydrogens (primary N) is 1. The van der Waals surface area contributed by atoms with Crippen LogP contribution in [0.1, 0.15) is 17.0 Å². The van der Waals surface area contributed by atoms with Crippen LogP contribution in [0.5, 0.6) is 23.0 Å². The van der Waals surface area contributed by atoms with Crippen LogP contribution in [0.25, 0.3) is 0 Å². The van der Waals surface area contributed by atoms with Crippen LogP contribution in [0.15, 0.2) is 78.2 Å². The zero-order valence-corrected chi connectivity index (χ0v) is 17.6. The quantitative estimate of drug-likeness (QED) is 0.450.